The number of carbonyl (C=O) groups excluding carboxylic acids is 1. The second-order valence-electron chi connectivity index (χ2n) is 5.91. The van der Waals surface area contributed by atoms with Gasteiger partial charge in [0, 0.05) is 24.5 Å². The highest BCUT2D eigenvalue weighted by Gasteiger charge is 2.50. The summed E-state index contributed by atoms with van der Waals surface area (Å²) in [6.07, 6.45) is -0.0678. The zero-order valence-corrected chi connectivity index (χ0v) is 13.5. The molecule has 0 saturated carbocycles. The van der Waals surface area contributed by atoms with Crippen LogP contribution in [-0.2, 0) is 9.53 Å². The van der Waals surface area contributed by atoms with Crippen molar-refractivity contribution in [3.63, 3.8) is 0 Å². The van der Waals surface area contributed by atoms with E-state index in [9.17, 15) is 14.7 Å². The summed E-state index contributed by atoms with van der Waals surface area (Å²) in [5, 5.41) is 10.8. The maximum absolute atomic E-state index is 11.8. The number of aliphatic carboxylic acids is 1. The first-order chi connectivity index (χ1) is 9.21. The van der Waals surface area contributed by atoms with Gasteiger partial charge in [0.25, 0.3) is 0 Å². The van der Waals surface area contributed by atoms with E-state index in [2.05, 4.69) is 5.43 Å². The summed E-state index contributed by atoms with van der Waals surface area (Å²) in [4.78, 5) is 23.2. The Morgan fingerprint density at radius 1 is 1.35 bits per heavy atom. The van der Waals surface area contributed by atoms with E-state index >= 15 is 0 Å². The first-order valence-electron chi connectivity index (χ1n) is 6.48. The number of hydrogen-bond donors (Lipinski definition) is 2. The highest BCUT2D eigenvalue weighted by Crippen LogP contribution is 2.51. The molecule has 1 spiro atoms. The largest absolute Gasteiger partial charge is 0.480 e. The molecule has 0 aromatic heterocycles. The Labute approximate surface area is 126 Å². The Bertz CT molecular complexity index is 405. The molecule has 0 radical (unpaired) electrons. The molecule has 2 aliphatic rings. The van der Waals surface area contributed by atoms with E-state index in [0.29, 0.717) is 13.0 Å². The van der Waals surface area contributed by atoms with E-state index in [1.54, 1.807) is 44.3 Å². The third kappa shape index (κ3) is 3.73. The topological polar surface area (TPSA) is 78.9 Å². The number of carboxylic acids is 1. The van der Waals surface area contributed by atoms with Gasteiger partial charge in [0.1, 0.15) is 11.6 Å². The van der Waals surface area contributed by atoms with E-state index in [4.69, 9.17) is 4.74 Å². The Morgan fingerprint density at radius 3 is 2.45 bits per heavy atom. The van der Waals surface area contributed by atoms with Crippen molar-refractivity contribution < 1.29 is 19.4 Å². The number of nitrogens with zero attached hydrogens (tertiary/aromatic N) is 1. The summed E-state index contributed by atoms with van der Waals surface area (Å²) >= 11 is 3.57. The zero-order chi connectivity index (χ0) is 15.0. The van der Waals surface area contributed by atoms with Crippen LogP contribution < -0.4 is 5.43 Å². The number of hydrazine groups is 1. The van der Waals surface area contributed by atoms with Crippen molar-refractivity contribution in [2.45, 2.75) is 42.9 Å². The predicted molar refractivity (Wildman–Crippen MR) is 79.8 cm³/mol. The lowest BCUT2D eigenvalue weighted by Gasteiger charge is -2.26. The van der Waals surface area contributed by atoms with Gasteiger partial charge >= 0.3 is 12.1 Å². The Hall–Kier alpha value is -0.600. The lowest BCUT2D eigenvalue weighted by molar-refractivity contribution is -0.143. The van der Waals surface area contributed by atoms with Gasteiger partial charge in [-0.15, -0.1) is 23.5 Å². The van der Waals surface area contributed by atoms with Gasteiger partial charge in [0.05, 0.1) is 4.08 Å². The van der Waals surface area contributed by atoms with Crippen LogP contribution in [-0.4, -0.2) is 56.0 Å². The minimum Gasteiger partial charge on any atom is -0.480 e. The molecule has 2 N–H and O–H groups in total. The number of rotatable bonds is 2. The summed E-state index contributed by atoms with van der Waals surface area (Å²) in [7, 11) is 0. The SMILES string of the molecule is CC(C)(C)OC(=O)NN1CC2(CC1C(=O)O)SCCS2. The van der Waals surface area contributed by atoms with E-state index in [-0.39, 0.29) is 4.08 Å². The molecule has 1 amide bonds. The summed E-state index contributed by atoms with van der Waals surface area (Å²) in [6, 6.07) is -0.694. The maximum Gasteiger partial charge on any atom is 0.422 e. The lowest BCUT2D eigenvalue weighted by atomic mass is 10.2. The van der Waals surface area contributed by atoms with Crippen LogP contribution >= 0.6 is 23.5 Å². The average Bonchev–Trinajstić information content (AvgIpc) is 2.84. The number of amides is 1. The van der Waals surface area contributed by atoms with Crippen LogP contribution in [0.1, 0.15) is 27.2 Å². The molecule has 0 aromatic carbocycles. The molecule has 1 atom stereocenters. The van der Waals surface area contributed by atoms with Crippen molar-refractivity contribution in [3.8, 4) is 0 Å². The van der Waals surface area contributed by atoms with E-state index < -0.39 is 23.7 Å². The van der Waals surface area contributed by atoms with Crippen molar-refractivity contribution in [3.05, 3.63) is 0 Å². The van der Waals surface area contributed by atoms with Gasteiger partial charge in [-0.25, -0.2) is 9.80 Å². The molecule has 2 rings (SSSR count). The molecule has 20 heavy (non-hydrogen) atoms. The highest BCUT2D eigenvalue weighted by atomic mass is 32.2. The van der Waals surface area contributed by atoms with Crippen molar-refractivity contribution in [1.29, 1.82) is 0 Å². The number of nitrogens with one attached hydrogen (secondary N) is 1. The summed E-state index contributed by atoms with van der Waals surface area (Å²) in [5.74, 6) is 1.14. The minimum atomic E-state index is -0.911. The van der Waals surface area contributed by atoms with Crippen LogP contribution in [0.4, 0.5) is 4.79 Å². The number of carbonyl (C=O) groups is 2. The molecule has 114 valence electrons. The van der Waals surface area contributed by atoms with Gasteiger partial charge in [0.15, 0.2) is 0 Å². The standard InChI is InChI=1S/C12H20N2O4S2/c1-11(2,3)18-10(17)13-14-7-12(19-4-5-20-12)6-8(14)9(15)16/h8H,4-7H2,1-3H3,(H,13,17)(H,15,16). The molecule has 0 aromatic rings. The van der Waals surface area contributed by atoms with Crippen molar-refractivity contribution in [1.82, 2.24) is 10.4 Å². The molecule has 2 heterocycles. The molecule has 8 heteroatoms. The van der Waals surface area contributed by atoms with E-state index in [1.165, 1.54) is 5.01 Å². The Kier molecular flexibility index (Phi) is 4.46. The molecular formula is C12H20N2O4S2. The quantitative estimate of drug-likeness (QED) is 0.802. The Balaban J connectivity index is 2.01. The molecular weight excluding hydrogens is 300 g/mol. The van der Waals surface area contributed by atoms with Crippen LogP contribution in [0.15, 0.2) is 0 Å². The average molecular weight is 320 g/mol. The zero-order valence-electron chi connectivity index (χ0n) is 11.8. The highest BCUT2D eigenvalue weighted by molar-refractivity contribution is 8.21. The summed E-state index contributed by atoms with van der Waals surface area (Å²) in [6.45, 7) is 5.85. The first-order valence-corrected chi connectivity index (χ1v) is 8.45. The second-order valence-corrected chi connectivity index (χ2v) is 9.12. The lowest BCUT2D eigenvalue weighted by Crippen LogP contribution is -2.50. The smallest absolute Gasteiger partial charge is 0.422 e. The van der Waals surface area contributed by atoms with Gasteiger partial charge in [-0.1, -0.05) is 0 Å². The number of carboxylic acid groups (broad SMARTS) is 1. The number of ether oxygens (including phenoxy) is 1. The fourth-order valence-electron chi connectivity index (χ4n) is 2.30. The minimum absolute atomic E-state index is 0.113. The third-order valence-electron chi connectivity index (χ3n) is 3.02. The van der Waals surface area contributed by atoms with Crippen LogP contribution in [0.5, 0.6) is 0 Å². The molecule has 2 saturated heterocycles. The summed E-state index contributed by atoms with van der Waals surface area (Å²) in [5.41, 5.74) is 1.98. The van der Waals surface area contributed by atoms with Gasteiger partial charge in [-0.05, 0) is 20.8 Å². The number of hydrogen-bond acceptors (Lipinski definition) is 6. The van der Waals surface area contributed by atoms with Crippen LogP contribution in [0, 0.1) is 0 Å². The molecule has 0 aliphatic carbocycles. The third-order valence-corrected chi connectivity index (χ3v) is 6.45. The van der Waals surface area contributed by atoms with Gasteiger partial charge in [-0.3, -0.25) is 10.2 Å². The molecule has 1 unspecified atom stereocenters. The van der Waals surface area contributed by atoms with E-state index in [0.717, 1.165) is 11.5 Å². The predicted octanol–water partition coefficient (Wildman–Crippen LogP) is 1.76. The van der Waals surface area contributed by atoms with Crippen LogP contribution in [0.3, 0.4) is 0 Å². The number of thioether (sulfide) groups is 2. The normalized spacial score (nSPS) is 25.9. The Morgan fingerprint density at radius 2 is 1.95 bits per heavy atom. The molecule has 2 fully saturated rings. The fourth-order valence-corrected chi connectivity index (χ4v) is 5.56. The monoisotopic (exact) mass is 320 g/mol. The van der Waals surface area contributed by atoms with E-state index in [1.807, 2.05) is 0 Å². The molecule has 6 nitrogen and oxygen atoms in total. The van der Waals surface area contributed by atoms with Crippen LogP contribution in [0.2, 0.25) is 0 Å². The maximum atomic E-state index is 11.8. The first kappa shape index (κ1) is 15.8. The van der Waals surface area contributed by atoms with Crippen molar-refractivity contribution >= 4 is 35.6 Å². The second kappa shape index (κ2) is 5.65. The fraction of sp³-hybridized carbons (Fsp3) is 0.833. The van der Waals surface area contributed by atoms with Gasteiger partial charge < -0.3 is 9.84 Å². The van der Waals surface area contributed by atoms with Crippen molar-refractivity contribution in [2.75, 3.05) is 18.1 Å². The summed E-state index contributed by atoms with van der Waals surface area (Å²) < 4.78 is 5.07. The van der Waals surface area contributed by atoms with Crippen molar-refractivity contribution in [2.24, 2.45) is 0 Å². The molecule has 0 bridgehead atoms. The van der Waals surface area contributed by atoms with Gasteiger partial charge in [0.2, 0.25) is 0 Å². The van der Waals surface area contributed by atoms with Gasteiger partial charge in [-0.2, -0.15) is 0 Å². The molecule has 2 aliphatic heterocycles. The van der Waals surface area contributed by atoms with Crippen LogP contribution in [0.25, 0.3) is 0 Å².